The van der Waals surface area contributed by atoms with Gasteiger partial charge in [0.2, 0.25) is 5.69 Å². The zero-order valence-electron chi connectivity index (χ0n) is 11.0. The van der Waals surface area contributed by atoms with E-state index in [0.29, 0.717) is 6.07 Å². The van der Waals surface area contributed by atoms with Gasteiger partial charge in [0.15, 0.2) is 0 Å². The van der Waals surface area contributed by atoms with Crippen LogP contribution in [0.15, 0.2) is 18.2 Å². The summed E-state index contributed by atoms with van der Waals surface area (Å²) in [6, 6.07) is 2.00. The van der Waals surface area contributed by atoms with Gasteiger partial charge >= 0.3 is 17.8 Å². The molecule has 0 saturated heterocycles. The minimum absolute atomic E-state index is 0.309. The van der Waals surface area contributed by atoms with E-state index in [-0.39, 0.29) is 6.61 Å². The summed E-state index contributed by atoms with van der Waals surface area (Å²) in [6.07, 6.45) is -5.28. The molecule has 0 bridgehead atoms. The number of hydrogen-bond acceptors (Lipinski definition) is 4. The average Bonchev–Trinajstić information content (AvgIpc) is 2.41. The Balaban J connectivity index is 2.99. The maximum atomic E-state index is 13.2. The number of carbonyl (C=O) groups excluding carboxylic acids is 1. The number of carbonyl (C=O) groups is 1. The van der Waals surface area contributed by atoms with Crippen molar-refractivity contribution in [2.45, 2.75) is 13.1 Å². The Morgan fingerprint density at radius 3 is 2.59 bits per heavy atom. The highest BCUT2D eigenvalue weighted by molar-refractivity contribution is 5.89. The second-order valence-corrected chi connectivity index (χ2v) is 4.14. The Hall–Kier alpha value is -2.65. The van der Waals surface area contributed by atoms with E-state index in [1.165, 1.54) is 6.92 Å². The number of fused-ring (bicyclic) bond motifs is 1. The molecule has 2 rings (SSSR count). The second kappa shape index (κ2) is 5.28. The van der Waals surface area contributed by atoms with Crippen LogP contribution in [0.25, 0.3) is 11.0 Å². The first-order chi connectivity index (χ1) is 10.2. The molecule has 6 nitrogen and oxygen atoms in total. The highest BCUT2D eigenvalue weighted by Crippen LogP contribution is 2.32. The van der Waals surface area contributed by atoms with Gasteiger partial charge in [-0.25, -0.2) is 9.18 Å². The molecule has 0 atom stereocenters. The minimum Gasteiger partial charge on any atom is -0.805 e. The summed E-state index contributed by atoms with van der Waals surface area (Å²) in [5, 5.41) is 11.9. The lowest BCUT2D eigenvalue weighted by atomic mass is 10.2. The molecule has 0 aliphatic heterocycles. The number of rotatable bonds is 2. The Kier molecular flexibility index (Phi) is 3.77. The number of alkyl halides is 3. The van der Waals surface area contributed by atoms with E-state index < -0.39 is 49.5 Å². The summed E-state index contributed by atoms with van der Waals surface area (Å²) in [5.74, 6) is -2.58. The molecule has 0 aliphatic carbocycles. The van der Waals surface area contributed by atoms with Gasteiger partial charge in [0.25, 0.3) is 5.52 Å². The molecule has 0 fully saturated rings. The summed E-state index contributed by atoms with van der Waals surface area (Å²) < 4.78 is 55.6. The van der Waals surface area contributed by atoms with Crippen LogP contribution in [0, 0.1) is 15.9 Å². The first-order valence-corrected chi connectivity index (χ1v) is 5.91. The molecule has 0 radical (unpaired) electrons. The summed E-state index contributed by atoms with van der Waals surface area (Å²) in [5.41, 5.74) is -5.00. The van der Waals surface area contributed by atoms with Crippen LogP contribution in [0.2, 0.25) is 0 Å². The van der Waals surface area contributed by atoms with E-state index >= 15 is 0 Å². The van der Waals surface area contributed by atoms with Crippen molar-refractivity contribution in [2.24, 2.45) is 0 Å². The van der Waals surface area contributed by atoms with Crippen molar-refractivity contribution in [1.82, 2.24) is 4.73 Å². The van der Waals surface area contributed by atoms with Crippen molar-refractivity contribution in [3.63, 3.8) is 0 Å². The van der Waals surface area contributed by atoms with Crippen molar-refractivity contribution in [2.75, 3.05) is 6.61 Å². The van der Waals surface area contributed by atoms with Crippen LogP contribution in [0.4, 0.5) is 17.6 Å². The number of hydrogen-bond donors (Lipinski definition) is 0. The van der Waals surface area contributed by atoms with Gasteiger partial charge in [-0.1, -0.05) is 0 Å². The van der Waals surface area contributed by atoms with Crippen LogP contribution in [0.1, 0.15) is 23.1 Å². The van der Waals surface area contributed by atoms with Crippen LogP contribution in [0.3, 0.4) is 0 Å². The Bertz CT molecular complexity index is 813. The topological polar surface area (TPSA) is 77.3 Å². The number of halogens is 4. The quantitative estimate of drug-likeness (QED) is 0.483. The summed E-state index contributed by atoms with van der Waals surface area (Å²) in [6.45, 7) is 1.00. The lowest BCUT2D eigenvalue weighted by Crippen LogP contribution is -2.35. The molecular weight excluding hydrogens is 312 g/mol. The van der Waals surface area contributed by atoms with Crippen molar-refractivity contribution in [1.29, 1.82) is 0 Å². The van der Waals surface area contributed by atoms with E-state index in [2.05, 4.69) is 4.74 Å². The molecule has 0 spiro atoms. The molecule has 10 heteroatoms. The van der Waals surface area contributed by atoms with Gasteiger partial charge in [-0.15, -0.1) is 0 Å². The van der Waals surface area contributed by atoms with Gasteiger partial charge in [-0.3, -0.25) is 0 Å². The SMILES string of the molecule is CCOC(=O)c1c(C(F)(F)F)n([O-])c2ccc(F)cc2[n+]1=O. The molecule has 0 saturated carbocycles. The van der Waals surface area contributed by atoms with Gasteiger partial charge in [-0.2, -0.15) is 13.2 Å². The van der Waals surface area contributed by atoms with E-state index in [9.17, 15) is 32.5 Å². The fourth-order valence-corrected chi connectivity index (χ4v) is 1.89. The van der Waals surface area contributed by atoms with Crippen molar-refractivity contribution >= 4 is 17.0 Å². The zero-order valence-corrected chi connectivity index (χ0v) is 11.0. The maximum absolute atomic E-state index is 13.2. The fourth-order valence-electron chi connectivity index (χ4n) is 1.89. The van der Waals surface area contributed by atoms with Gasteiger partial charge in [-0.05, 0) is 19.1 Å². The van der Waals surface area contributed by atoms with Crippen LogP contribution < -0.4 is 4.43 Å². The van der Waals surface area contributed by atoms with Gasteiger partial charge in [0.1, 0.15) is 11.3 Å². The van der Waals surface area contributed by atoms with E-state index in [1.807, 2.05) is 0 Å². The van der Waals surface area contributed by atoms with Crippen LogP contribution in [0.5, 0.6) is 0 Å². The van der Waals surface area contributed by atoms with Crippen molar-refractivity contribution < 1.29 is 31.5 Å². The molecule has 1 heterocycles. The predicted molar refractivity (Wildman–Crippen MR) is 65.0 cm³/mol. The molecule has 1 aromatic heterocycles. The molecule has 2 aromatic rings. The number of nitrogens with zero attached hydrogens (tertiary/aromatic N) is 2. The highest BCUT2D eigenvalue weighted by atomic mass is 19.4. The average molecular weight is 320 g/mol. The molecule has 0 amide bonds. The minimum atomic E-state index is -5.28. The molecular formula is C12H8F4N2O4. The zero-order chi connectivity index (χ0) is 16.7. The lowest BCUT2D eigenvalue weighted by molar-refractivity contribution is -0.471. The Labute approximate surface area is 119 Å². The van der Waals surface area contributed by atoms with E-state index in [4.69, 9.17) is 0 Å². The summed E-state index contributed by atoms with van der Waals surface area (Å²) in [7, 11) is 0. The molecule has 22 heavy (non-hydrogen) atoms. The third-order valence-corrected chi connectivity index (χ3v) is 2.74. The standard InChI is InChI=1S/C12H8F4N2O4/c1-2-22-11(19)9-10(12(14,15)16)18(21)7-4-3-6(13)5-8(7)17(9)20/h3-5H,2H2,1H3. The van der Waals surface area contributed by atoms with Crippen molar-refractivity contribution in [3.05, 3.63) is 45.5 Å². The summed E-state index contributed by atoms with van der Waals surface area (Å²) >= 11 is 0. The third kappa shape index (κ3) is 2.47. The second-order valence-electron chi connectivity index (χ2n) is 4.14. The number of aromatic nitrogens is 2. The maximum Gasteiger partial charge on any atom is 0.438 e. The summed E-state index contributed by atoms with van der Waals surface area (Å²) in [4.78, 5) is 23.6. The Morgan fingerprint density at radius 1 is 1.41 bits per heavy atom. The third-order valence-electron chi connectivity index (χ3n) is 2.74. The normalized spacial score (nSPS) is 11.7. The first-order valence-electron chi connectivity index (χ1n) is 5.91. The lowest BCUT2D eigenvalue weighted by Gasteiger charge is -2.20. The molecule has 0 unspecified atom stereocenters. The smallest absolute Gasteiger partial charge is 0.438 e. The molecule has 1 aromatic carbocycles. The van der Waals surface area contributed by atoms with E-state index in [0.717, 1.165) is 12.1 Å². The predicted octanol–water partition coefficient (Wildman–Crippen LogP) is 2.24. The number of esters is 1. The Morgan fingerprint density at radius 2 is 2.05 bits per heavy atom. The molecule has 0 N–H and O–H groups in total. The van der Waals surface area contributed by atoms with E-state index in [1.54, 1.807) is 0 Å². The van der Waals surface area contributed by atoms with Crippen LogP contribution in [-0.4, -0.2) is 17.3 Å². The van der Waals surface area contributed by atoms with Crippen molar-refractivity contribution in [3.8, 4) is 0 Å². The van der Waals surface area contributed by atoms with Crippen LogP contribution in [-0.2, 0) is 10.9 Å². The number of benzene rings is 1. The fraction of sp³-hybridized carbons (Fsp3) is 0.250. The first kappa shape index (κ1) is 15.7. The monoisotopic (exact) mass is 320 g/mol. The highest BCUT2D eigenvalue weighted by Gasteiger charge is 2.45. The van der Waals surface area contributed by atoms with Gasteiger partial charge in [0.05, 0.1) is 17.1 Å². The molecule has 118 valence electrons. The van der Waals surface area contributed by atoms with Gasteiger partial charge < -0.3 is 14.7 Å². The molecule has 0 aliphatic rings. The van der Waals surface area contributed by atoms with Gasteiger partial charge in [0, 0.05) is 4.91 Å². The van der Waals surface area contributed by atoms with Crippen LogP contribution >= 0.6 is 0 Å². The number of ether oxygens (including phenoxy) is 1. The largest absolute Gasteiger partial charge is 0.805 e.